The molecule has 0 spiro atoms. The molecule has 0 aromatic carbocycles. The van der Waals surface area contributed by atoms with Crippen LogP contribution >= 0.6 is 47.0 Å². The lowest BCUT2D eigenvalue weighted by Gasteiger charge is -2.14. The monoisotopic (exact) mass is 227 g/mol. The molecule has 0 radical (unpaired) electrons. The van der Waals surface area contributed by atoms with Gasteiger partial charge in [0.25, 0.3) is 3.92 Å². The van der Waals surface area contributed by atoms with E-state index < -0.39 is 3.92 Å². The number of nitrogens with zero attached hydrogens (tertiary/aromatic N) is 1. The van der Waals surface area contributed by atoms with E-state index in [2.05, 4.69) is 0 Å². The zero-order chi connectivity index (χ0) is 8.48. The van der Waals surface area contributed by atoms with E-state index in [1.165, 1.54) is 4.57 Å². The van der Waals surface area contributed by atoms with Crippen molar-refractivity contribution in [2.75, 3.05) is 0 Å². The van der Waals surface area contributed by atoms with Gasteiger partial charge in [0.1, 0.15) is 4.64 Å². The molecule has 5 heteroatoms. The van der Waals surface area contributed by atoms with Gasteiger partial charge in [0.05, 0.1) is 0 Å². The third kappa shape index (κ3) is 2.34. The van der Waals surface area contributed by atoms with Gasteiger partial charge in [-0.1, -0.05) is 53.1 Å². The normalized spacial score (nSPS) is 11.5. The molecule has 0 atom stereocenters. The zero-order valence-electron chi connectivity index (χ0n) is 5.30. The second-order valence-corrected chi connectivity index (χ2v) is 4.52. The van der Waals surface area contributed by atoms with E-state index in [0.29, 0.717) is 4.64 Å². The highest BCUT2D eigenvalue weighted by molar-refractivity contribution is 7.71. The molecular weight excluding hydrogens is 224 g/mol. The van der Waals surface area contributed by atoms with Crippen molar-refractivity contribution in [3.05, 3.63) is 29.0 Å². The lowest BCUT2D eigenvalue weighted by atomic mass is 10.5. The topological polar surface area (TPSA) is 4.93 Å². The number of aromatic nitrogens is 1. The SMILES string of the molecule is S=c1ccccn1C(Cl)(Cl)Cl. The van der Waals surface area contributed by atoms with Gasteiger partial charge in [-0.05, 0) is 12.1 Å². The van der Waals surface area contributed by atoms with Crippen LogP contribution in [-0.2, 0) is 3.92 Å². The van der Waals surface area contributed by atoms with Crippen LogP contribution in [0.5, 0.6) is 0 Å². The Labute approximate surface area is 84.5 Å². The lowest BCUT2D eigenvalue weighted by Crippen LogP contribution is -2.12. The quantitative estimate of drug-likeness (QED) is 0.486. The highest BCUT2D eigenvalue weighted by Gasteiger charge is 2.20. The summed E-state index contributed by atoms with van der Waals surface area (Å²) in [5.74, 6) is 0. The van der Waals surface area contributed by atoms with Gasteiger partial charge >= 0.3 is 0 Å². The Morgan fingerprint density at radius 2 is 1.91 bits per heavy atom. The average Bonchev–Trinajstić information content (AvgIpc) is 1.86. The fourth-order valence-electron chi connectivity index (χ4n) is 0.637. The third-order valence-corrected chi connectivity index (χ3v) is 1.97. The van der Waals surface area contributed by atoms with Crippen LogP contribution in [-0.4, -0.2) is 4.57 Å². The van der Waals surface area contributed by atoms with Crippen molar-refractivity contribution in [1.82, 2.24) is 4.57 Å². The summed E-state index contributed by atoms with van der Waals surface area (Å²) in [6, 6.07) is 5.23. The van der Waals surface area contributed by atoms with Crippen molar-refractivity contribution >= 4 is 47.0 Å². The predicted octanol–water partition coefficient (Wildman–Crippen LogP) is 3.50. The highest BCUT2D eigenvalue weighted by atomic mass is 35.6. The van der Waals surface area contributed by atoms with Gasteiger partial charge in [-0.2, -0.15) is 0 Å². The summed E-state index contributed by atoms with van der Waals surface area (Å²) in [6.45, 7) is 0. The minimum atomic E-state index is -1.49. The van der Waals surface area contributed by atoms with Gasteiger partial charge in [-0.25, -0.2) is 0 Å². The molecule has 1 heterocycles. The molecule has 0 amide bonds. The molecule has 0 unspecified atom stereocenters. The summed E-state index contributed by atoms with van der Waals surface area (Å²) in [5.41, 5.74) is 0. The van der Waals surface area contributed by atoms with E-state index in [0.717, 1.165) is 0 Å². The fraction of sp³-hybridized carbons (Fsp3) is 0.167. The Bertz CT molecular complexity index is 301. The molecule has 1 rings (SSSR count). The van der Waals surface area contributed by atoms with E-state index in [4.69, 9.17) is 47.0 Å². The molecule has 0 aliphatic rings. The van der Waals surface area contributed by atoms with Gasteiger partial charge in [0, 0.05) is 6.20 Å². The molecule has 60 valence electrons. The molecule has 0 N–H and O–H groups in total. The molecule has 1 aromatic rings. The molecule has 1 nitrogen and oxygen atoms in total. The maximum atomic E-state index is 5.59. The first-order chi connectivity index (χ1) is 5.02. The highest BCUT2D eigenvalue weighted by Crippen LogP contribution is 2.31. The second kappa shape index (κ2) is 3.31. The predicted molar refractivity (Wildman–Crippen MR) is 50.8 cm³/mol. The molecule has 0 aliphatic heterocycles. The van der Waals surface area contributed by atoms with Crippen LogP contribution in [0.3, 0.4) is 0 Å². The second-order valence-electron chi connectivity index (χ2n) is 1.88. The molecule has 0 bridgehead atoms. The van der Waals surface area contributed by atoms with E-state index in [1.807, 2.05) is 0 Å². The van der Waals surface area contributed by atoms with Crippen molar-refractivity contribution in [2.45, 2.75) is 3.92 Å². The van der Waals surface area contributed by atoms with Crippen molar-refractivity contribution < 1.29 is 0 Å². The first kappa shape index (κ1) is 9.33. The van der Waals surface area contributed by atoms with Crippen LogP contribution in [0.4, 0.5) is 0 Å². The van der Waals surface area contributed by atoms with Gasteiger partial charge in [-0.15, -0.1) is 0 Å². The summed E-state index contributed by atoms with van der Waals surface area (Å²) in [4.78, 5) is 0. The maximum Gasteiger partial charge on any atom is 0.272 e. The van der Waals surface area contributed by atoms with Gasteiger partial charge in [-0.3, -0.25) is 4.57 Å². The van der Waals surface area contributed by atoms with Crippen LogP contribution < -0.4 is 0 Å². The summed E-state index contributed by atoms with van der Waals surface area (Å²) in [7, 11) is 0. The summed E-state index contributed by atoms with van der Waals surface area (Å²) >= 11 is 21.7. The number of alkyl halides is 3. The van der Waals surface area contributed by atoms with Gasteiger partial charge in [0.2, 0.25) is 0 Å². The van der Waals surface area contributed by atoms with E-state index in [-0.39, 0.29) is 0 Å². The molecule has 0 fully saturated rings. The number of halogens is 3. The molecule has 0 saturated carbocycles. The smallest absolute Gasteiger partial charge is 0.272 e. The molecule has 1 aromatic heterocycles. The van der Waals surface area contributed by atoms with E-state index >= 15 is 0 Å². The number of hydrogen-bond donors (Lipinski definition) is 0. The molecule has 11 heavy (non-hydrogen) atoms. The Hall–Kier alpha value is 0.240. The Balaban J connectivity index is 3.26. The van der Waals surface area contributed by atoms with Crippen LogP contribution in [0.25, 0.3) is 0 Å². The Morgan fingerprint density at radius 3 is 2.27 bits per heavy atom. The molecule has 0 saturated heterocycles. The first-order valence-electron chi connectivity index (χ1n) is 2.77. The number of hydrogen-bond acceptors (Lipinski definition) is 1. The van der Waals surface area contributed by atoms with Crippen molar-refractivity contribution in [1.29, 1.82) is 0 Å². The largest absolute Gasteiger partial charge is 0.294 e. The zero-order valence-corrected chi connectivity index (χ0v) is 8.38. The molecular formula is C6H4Cl3NS. The lowest BCUT2D eigenvalue weighted by molar-refractivity contribution is 0.768. The van der Waals surface area contributed by atoms with Crippen LogP contribution in [0.1, 0.15) is 0 Å². The summed E-state index contributed by atoms with van der Waals surface area (Å²) in [5, 5.41) is 0. The minimum Gasteiger partial charge on any atom is -0.294 e. The Morgan fingerprint density at radius 1 is 1.27 bits per heavy atom. The summed E-state index contributed by atoms with van der Waals surface area (Å²) < 4.78 is 0.387. The van der Waals surface area contributed by atoms with Crippen LogP contribution in [0.2, 0.25) is 0 Å². The van der Waals surface area contributed by atoms with E-state index in [9.17, 15) is 0 Å². The maximum absolute atomic E-state index is 5.59. The van der Waals surface area contributed by atoms with Crippen molar-refractivity contribution in [2.24, 2.45) is 0 Å². The number of rotatable bonds is 0. The van der Waals surface area contributed by atoms with Crippen molar-refractivity contribution in [3.8, 4) is 0 Å². The number of pyridine rings is 1. The molecule has 0 aliphatic carbocycles. The van der Waals surface area contributed by atoms with Gasteiger partial charge in [0.15, 0.2) is 0 Å². The van der Waals surface area contributed by atoms with E-state index in [1.54, 1.807) is 24.4 Å². The average molecular weight is 229 g/mol. The van der Waals surface area contributed by atoms with Crippen molar-refractivity contribution in [3.63, 3.8) is 0 Å². The first-order valence-corrected chi connectivity index (χ1v) is 4.31. The van der Waals surface area contributed by atoms with Crippen LogP contribution in [0.15, 0.2) is 24.4 Å². The standard InChI is InChI=1S/C6H4Cl3NS/c7-6(8,9)10-4-2-1-3-5(10)11/h1-4H. The summed E-state index contributed by atoms with van der Waals surface area (Å²) in [6.07, 6.45) is 1.62. The minimum absolute atomic E-state index is 0.493. The van der Waals surface area contributed by atoms with Crippen LogP contribution in [0, 0.1) is 4.64 Å². The fourth-order valence-corrected chi connectivity index (χ4v) is 1.51. The van der Waals surface area contributed by atoms with Gasteiger partial charge < -0.3 is 0 Å². The third-order valence-electron chi connectivity index (χ3n) is 1.10. The Kier molecular flexibility index (Phi) is 2.81.